The van der Waals surface area contributed by atoms with Crippen LogP contribution in [0.5, 0.6) is 0 Å². The molecule has 94 valence electrons. The van der Waals surface area contributed by atoms with Gasteiger partial charge in [0.15, 0.2) is 0 Å². The number of nitrogens with one attached hydrogen (secondary N) is 1. The highest BCUT2D eigenvalue weighted by Gasteiger charge is 2.32. The first-order valence-electron chi connectivity index (χ1n) is 6.54. The Morgan fingerprint density at radius 1 is 1.29 bits per heavy atom. The third kappa shape index (κ3) is 2.70. The van der Waals surface area contributed by atoms with E-state index in [0.29, 0.717) is 0 Å². The summed E-state index contributed by atoms with van der Waals surface area (Å²) in [6.45, 7) is 6.66. The van der Waals surface area contributed by atoms with Crippen LogP contribution in [0.1, 0.15) is 29.5 Å². The molecule has 0 amide bonds. The van der Waals surface area contributed by atoms with Crippen molar-refractivity contribution in [1.82, 2.24) is 5.32 Å². The molecule has 1 atom stereocenters. The summed E-state index contributed by atoms with van der Waals surface area (Å²) in [7, 11) is 0. The molecule has 0 spiro atoms. The van der Waals surface area contributed by atoms with Crippen LogP contribution in [0.2, 0.25) is 0 Å². The second-order valence-electron chi connectivity index (χ2n) is 5.49. The summed E-state index contributed by atoms with van der Waals surface area (Å²) in [6.07, 6.45) is 3.30. The Labute approximate surface area is 104 Å². The van der Waals surface area contributed by atoms with Gasteiger partial charge in [-0.15, -0.1) is 0 Å². The molecule has 0 radical (unpaired) electrons. The molecule has 2 rings (SSSR count). The molecule has 1 fully saturated rings. The molecule has 0 aromatic heterocycles. The van der Waals surface area contributed by atoms with Crippen molar-refractivity contribution in [3.8, 4) is 0 Å². The molecular weight excluding hydrogens is 210 g/mol. The van der Waals surface area contributed by atoms with Gasteiger partial charge in [-0.2, -0.15) is 0 Å². The van der Waals surface area contributed by atoms with Gasteiger partial charge >= 0.3 is 0 Å². The normalized spacial score (nSPS) is 24.9. The van der Waals surface area contributed by atoms with Gasteiger partial charge in [-0.25, -0.2) is 0 Å². The number of aliphatic hydroxyl groups excluding tert-OH is 1. The first-order valence-corrected chi connectivity index (χ1v) is 6.54. The fourth-order valence-electron chi connectivity index (χ4n) is 2.87. The van der Waals surface area contributed by atoms with Crippen LogP contribution in [0, 0.1) is 19.3 Å². The zero-order valence-electron chi connectivity index (χ0n) is 10.9. The van der Waals surface area contributed by atoms with Crippen molar-refractivity contribution >= 4 is 0 Å². The molecule has 1 saturated heterocycles. The van der Waals surface area contributed by atoms with E-state index in [0.717, 1.165) is 25.9 Å². The van der Waals surface area contributed by atoms with Crippen LogP contribution >= 0.6 is 0 Å². The summed E-state index contributed by atoms with van der Waals surface area (Å²) in [5.41, 5.74) is 4.17. The molecular formula is C15H23NO. The first-order chi connectivity index (χ1) is 8.17. The average molecular weight is 233 g/mol. The van der Waals surface area contributed by atoms with E-state index in [4.69, 9.17) is 0 Å². The van der Waals surface area contributed by atoms with Crippen LogP contribution in [-0.2, 0) is 6.42 Å². The number of hydrogen-bond donors (Lipinski definition) is 2. The van der Waals surface area contributed by atoms with E-state index in [1.165, 1.54) is 23.1 Å². The lowest BCUT2D eigenvalue weighted by molar-refractivity contribution is 0.0945. The number of aliphatic hydroxyl groups is 1. The van der Waals surface area contributed by atoms with Gasteiger partial charge in [0.25, 0.3) is 0 Å². The highest BCUT2D eigenvalue weighted by Crippen LogP contribution is 2.32. The van der Waals surface area contributed by atoms with Gasteiger partial charge in [-0.3, -0.25) is 0 Å². The quantitative estimate of drug-likeness (QED) is 0.839. The van der Waals surface area contributed by atoms with Crippen LogP contribution in [0.3, 0.4) is 0 Å². The second kappa shape index (κ2) is 5.19. The molecule has 17 heavy (non-hydrogen) atoms. The Bertz CT molecular complexity index is 360. The van der Waals surface area contributed by atoms with Crippen molar-refractivity contribution in [2.75, 3.05) is 19.7 Å². The number of piperidine rings is 1. The second-order valence-corrected chi connectivity index (χ2v) is 5.49. The van der Waals surface area contributed by atoms with Gasteiger partial charge in [-0.1, -0.05) is 18.2 Å². The SMILES string of the molecule is Cc1cccc(C)c1CC1(CO)CCCNC1. The summed E-state index contributed by atoms with van der Waals surface area (Å²) in [5.74, 6) is 0. The number of hydrogen-bond acceptors (Lipinski definition) is 2. The number of rotatable bonds is 3. The minimum absolute atomic E-state index is 0.0507. The largest absolute Gasteiger partial charge is 0.396 e. The predicted molar refractivity (Wildman–Crippen MR) is 71.2 cm³/mol. The molecule has 1 aromatic carbocycles. The predicted octanol–water partition coefficient (Wildman–Crippen LogP) is 2.21. The van der Waals surface area contributed by atoms with Crippen molar-refractivity contribution in [3.05, 3.63) is 34.9 Å². The van der Waals surface area contributed by atoms with Crippen LogP contribution in [0.25, 0.3) is 0 Å². The molecule has 1 unspecified atom stereocenters. The molecule has 2 nitrogen and oxygen atoms in total. The highest BCUT2D eigenvalue weighted by molar-refractivity contribution is 5.34. The lowest BCUT2D eigenvalue weighted by Crippen LogP contribution is -2.44. The highest BCUT2D eigenvalue weighted by atomic mass is 16.3. The summed E-state index contributed by atoms with van der Waals surface area (Å²) < 4.78 is 0. The van der Waals surface area contributed by atoms with Crippen molar-refractivity contribution < 1.29 is 5.11 Å². The van der Waals surface area contributed by atoms with E-state index < -0.39 is 0 Å². The molecule has 1 aliphatic rings. The molecule has 1 aromatic rings. The zero-order valence-corrected chi connectivity index (χ0v) is 10.9. The summed E-state index contributed by atoms with van der Waals surface area (Å²) in [5, 5.41) is 13.2. The molecule has 0 aliphatic carbocycles. The van der Waals surface area contributed by atoms with E-state index in [9.17, 15) is 5.11 Å². The van der Waals surface area contributed by atoms with E-state index in [1.807, 2.05) is 0 Å². The minimum atomic E-state index is 0.0507. The van der Waals surface area contributed by atoms with Crippen LogP contribution in [0.4, 0.5) is 0 Å². The smallest absolute Gasteiger partial charge is 0.0502 e. The van der Waals surface area contributed by atoms with Crippen LogP contribution in [0.15, 0.2) is 18.2 Å². The maximum absolute atomic E-state index is 9.74. The maximum atomic E-state index is 9.74. The number of benzene rings is 1. The lowest BCUT2D eigenvalue weighted by Gasteiger charge is -2.37. The van der Waals surface area contributed by atoms with E-state index in [2.05, 4.69) is 37.4 Å². The standard InChI is InChI=1S/C15H23NO/c1-12-5-3-6-13(2)14(12)9-15(11-17)7-4-8-16-10-15/h3,5-6,16-17H,4,7-11H2,1-2H3. The van der Waals surface area contributed by atoms with Crippen molar-refractivity contribution in [2.24, 2.45) is 5.41 Å². The molecule has 1 heterocycles. The first kappa shape index (κ1) is 12.6. The van der Waals surface area contributed by atoms with Gasteiger partial charge < -0.3 is 10.4 Å². The third-order valence-corrected chi connectivity index (χ3v) is 4.09. The van der Waals surface area contributed by atoms with Crippen molar-refractivity contribution in [3.63, 3.8) is 0 Å². The monoisotopic (exact) mass is 233 g/mol. The Hall–Kier alpha value is -0.860. The fourth-order valence-corrected chi connectivity index (χ4v) is 2.87. The lowest BCUT2D eigenvalue weighted by atomic mass is 9.75. The van der Waals surface area contributed by atoms with E-state index in [1.54, 1.807) is 0 Å². The summed E-state index contributed by atoms with van der Waals surface area (Å²) in [6, 6.07) is 6.45. The van der Waals surface area contributed by atoms with Gasteiger partial charge in [0.05, 0.1) is 6.61 Å². The Morgan fingerprint density at radius 3 is 2.53 bits per heavy atom. The summed E-state index contributed by atoms with van der Waals surface area (Å²) in [4.78, 5) is 0. The Balaban J connectivity index is 2.23. The molecule has 0 bridgehead atoms. The Morgan fingerprint density at radius 2 is 2.00 bits per heavy atom. The van der Waals surface area contributed by atoms with E-state index >= 15 is 0 Å². The van der Waals surface area contributed by atoms with Gasteiger partial charge in [0, 0.05) is 12.0 Å². The zero-order chi connectivity index (χ0) is 12.3. The molecule has 2 heteroatoms. The fraction of sp³-hybridized carbons (Fsp3) is 0.600. The van der Waals surface area contributed by atoms with Gasteiger partial charge in [0.1, 0.15) is 0 Å². The maximum Gasteiger partial charge on any atom is 0.0502 e. The average Bonchev–Trinajstić information content (AvgIpc) is 2.35. The molecule has 0 saturated carbocycles. The molecule has 2 N–H and O–H groups in total. The van der Waals surface area contributed by atoms with Crippen molar-refractivity contribution in [1.29, 1.82) is 0 Å². The Kier molecular flexibility index (Phi) is 3.85. The topological polar surface area (TPSA) is 32.3 Å². The van der Waals surface area contributed by atoms with Crippen LogP contribution < -0.4 is 5.32 Å². The van der Waals surface area contributed by atoms with Crippen LogP contribution in [-0.4, -0.2) is 24.8 Å². The van der Waals surface area contributed by atoms with Gasteiger partial charge in [-0.05, 0) is 56.3 Å². The summed E-state index contributed by atoms with van der Waals surface area (Å²) >= 11 is 0. The number of aryl methyl sites for hydroxylation is 2. The minimum Gasteiger partial charge on any atom is -0.396 e. The van der Waals surface area contributed by atoms with Crippen molar-refractivity contribution in [2.45, 2.75) is 33.1 Å². The van der Waals surface area contributed by atoms with Gasteiger partial charge in [0.2, 0.25) is 0 Å². The molecule has 1 aliphatic heterocycles. The van der Waals surface area contributed by atoms with E-state index in [-0.39, 0.29) is 12.0 Å². The third-order valence-electron chi connectivity index (χ3n) is 4.09.